The van der Waals surface area contributed by atoms with Crippen molar-refractivity contribution in [3.05, 3.63) is 17.5 Å². The van der Waals surface area contributed by atoms with E-state index in [-0.39, 0.29) is 12.1 Å². The Hall–Kier alpha value is -1.85. The molecule has 1 aromatic rings. The molecule has 1 atom stereocenters. The van der Waals surface area contributed by atoms with E-state index in [1.807, 2.05) is 24.8 Å². The van der Waals surface area contributed by atoms with E-state index in [1.54, 1.807) is 0 Å². The van der Waals surface area contributed by atoms with Crippen molar-refractivity contribution in [3.63, 3.8) is 0 Å². The summed E-state index contributed by atoms with van der Waals surface area (Å²) in [4.78, 5) is 22.9. The van der Waals surface area contributed by atoms with Crippen LogP contribution in [0.1, 0.15) is 49.9 Å². The summed E-state index contributed by atoms with van der Waals surface area (Å²) >= 11 is 0. The molecular formula is C17H26N4O2. The van der Waals surface area contributed by atoms with Gasteiger partial charge in [0.1, 0.15) is 6.10 Å². The predicted octanol–water partition coefficient (Wildman–Crippen LogP) is 2.59. The highest BCUT2D eigenvalue weighted by molar-refractivity contribution is 5.74. The monoisotopic (exact) mass is 318 g/mol. The van der Waals surface area contributed by atoms with Crippen molar-refractivity contribution in [2.75, 3.05) is 13.1 Å². The van der Waals surface area contributed by atoms with Crippen LogP contribution in [0.3, 0.4) is 0 Å². The van der Waals surface area contributed by atoms with Gasteiger partial charge in [0.25, 0.3) is 0 Å². The van der Waals surface area contributed by atoms with Crippen molar-refractivity contribution in [1.29, 1.82) is 0 Å². The summed E-state index contributed by atoms with van der Waals surface area (Å²) in [7, 11) is 0. The van der Waals surface area contributed by atoms with E-state index in [0.717, 1.165) is 43.6 Å². The van der Waals surface area contributed by atoms with Gasteiger partial charge in [0, 0.05) is 24.0 Å². The van der Waals surface area contributed by atoms with Gasteiger partial charge in [-0.1, -0.05) is 12.8 Å². The van der Waals surface area contributed by atoms with E-state index in [4.69, 9.17) is 4.74 Å². The van der Waals surface area contributed by atoms with E-state index in [9.17, 15) is 4.79 Å². The number of aryl methyl sites for hydroxylation is 2. The first-order valence-corrected chi connectivity index (χ1v) is 8.64. The number of amides is 2. The maximum atomic E-state index is 12.4. The average molecular weight is 318 g/mol. The number of piperidine rings is 1. The second-order valence-corrected chi connectivity index (χ2v) is 6.69. The van der Waals surface area contributed by atoms with E-state index < -0.39 is 0 Å². The van der Waals surface area contributed by atoms with Crippen LogP contribution in [-0.2, 0) is 0 Å². The van der Waals surface area contributed by atoms with Crippen LogP contribution in [0.5, 0.6) is 6.01 Å². The summed E-state index contributed by atoms with van der Waals surface area (Å²) in [5, 5.41) is 3.15. The molecule has 0 bridgehead atoms. The third-order valence-electron chi connectivity index (χ3n) is 4.58. The van der Waals surface area contributed by atoms with Crippen LogP contribution in [0.15, 0.2) is 6.07 Å². The van der Waals surface area contributed by atoms with Gasteiger partial charge in [0.2, 0.25) is 0 Å². The summed E-state index contributed by atoms with van der Waals surface area (Å²) in [6.07, 6.45) is 6.52. The maximum absolute atomic E-state index is 12.4. The minimum absolute atomic E-state index is 0.0284. The lowest BCUT2D eigenvalue weighted by atomic mass is 10.1. The third-order valence-corrected chi connectivity index (χ3v) is 4.58. The highest BCUT2D eigenvalue weighted by atomic mass is 16.5. The SMILES string of the molecule is Cc1cc(C)nc(OC2CCCN(C(=O)NC3CCCC3)C2)n1. The van der Waals surface area contributed by atoms with E-state index >= 15 is 0 Å². The van der Waals surface area contributed by atoms with E-state index in [1.165, 1.54) is 12.8 Å². The van der Waals surface area contributed by atoms with Crippen molar-refractivity contribution in [1.82, 2.24) is 20.2 Å². The van der Waals surface area contributed by atoms with Crippen LogP contribution < -0.4 is 10.1 Å². The van der Waals surface area contributed by atoms with Gasteiger partial charge in [-0.25, -0.2) is 14.8 Å². The van der Waals surface area contributed by atoms with E-state index in [0.29, 0.717) is 18.6 Å². The zero-order valence-corrected chi connectivity index (χ0v) is 14.0. The molecule has 6 heteroatoms. The number of nitrogens with one attached hydrogen (secondary N) is 1. The van der Waals surface area contributed by atoms with Crippen LogP contribution in [0.2, 0.25) is 0 Å². The van der Waals surface area contributed by atoms with Crippen molar-refractivity contribution in [2.24, 2.45) is 0 Å². The fourth-order valence-corrected chi connectivity index (χ4v) is 3.45. The van der Waals surface area contributed by atoms with E-state index in [2.05, 4.69) is 15.3 Å². The summed E-state index contributed by atoms with van der Waals surface area (Å²) in [6, 6.07) is 2.75. The Balaban J connectivity index is 1.55. The zero-order chi connectivity index (χ0) is 16.2. The lowest BCUT2D eigenvalue weighted by molar-refractivity contribution is 0.0926. The molecule has 2 heterocycles. The minimum Gasteiger partial charge on any atom is -0.458 e. The molecule has 2 fully saturated rings. The quantitative estimate of drug-likeness (QED) is 0.930. The Morgan fingerprint density at radius 3 is 2.57 bits per heavy atom. The largest absolute Gasteiger partial charge is 0.458 e. The van der Waals surface area contributed by atoms with Crippen LogP contribution in [0.4, 0.5) is 4.79 Å². The predicted molar refractivity (Wildman–Crippen MR) is 87.5 cm³/mol. The molecule has 1 aromatic heterocycles. The molecule has 0 spiro atoms. The molecule has 0 radical (unpaired) electrons. The number of likely N-dealkylation sites (tertiary alicyclic amines) is 1. The first-order valence-electron chi connectivity index (χ1n) is 8.64. The van der Waals surface area contributed by atoms with Crippen LogP contribution in [0.25, 0.3) is 0 Å². The fourth-order valence-electron chi connectivity index (χ4n) is 3.45. The Morgan fingerprint density at radius 1 is 1.17 bits per heavy atom. The molecule has 3 rings (SSSR count). The summed E-state index contributed by atoms with van der Waals surface area (Å²) < 4.78 is 5.92. The molecule has 1 aliphatic heterocycles. The number of nitrogens with zero attached hydrogens (tertiary/aromatic N) is 3. The number of ether oxygens (including phenoxy) is 1. The Kier molecular flexibility index (Phi) is 4.98. The average Bonchev–Trinajstić information content (AvgIpc) is 2.99. The second-order valence-electron chi connectivity index (χ2n) is 6.69. The lowest BCUT2D eigenvalue weighted by Crippen LogP contribution is -2.50. The first kappa shape index (κ1) is 16.0. The molecule has 2 aliphatic rings. The van der Waals surface area contributed by atoms with Gasteiger partial charge in [-0.3, -0.25) is 0 Å². The van der Waals surface area contributed by atoms with Crippen molar-refractivity contribution < 1.29 is 9.53 Å². The van der Waals surface area contributed by atoms with Crippen LogP contribution >= 0.6 is 0 Å². The number of carbonyl (C=O) groups excluding carboxylic acids is 1. The van der Waals surface area contributed by atoms with Crippen molar-refractivity contribution in [3.8, 4) is 6.01 Å². The highest BCUT2D eigenvalue weighted by Gasteiger charge is 2.27. The molecule has 1 unspecified atom stereocenters. The zero-order valence-electron chi connectivity index (χ0n) is 14.0. The molecule has 1 saturated carbocycles. The standard InChI is InChI=1S/C17H26N4O2/c1-12-10-13(2)19-16(18-12)23-15-8-5-9-21(11-15)17(22)20-14-6-3-4-7-14/h10,14-15H,3-9,11H2,1-2H3,(H,20,22). The minimum atomic E-state index is -0.0284. The third kappa shape index (κ3) is 4.33. The van der Waals surface area contributed by atoms with Gasteiger partial charge in [0.15, 0.2) is 0 Å². The molecule has 126 valence electrons. The number of hydrogen-bond acceptors (Lipinski definition) is 4. The van der Waals surface area contributed by atoms with Gasteiger partial charge in [-0.2, -0.15) is 0 Å². The number of carbonyl (C=O) groups is 1. The molecule has 0 aromatic carbocycles. The van der Waals surface area contributed by atoms with Crippen LogP contribution in [-0.4, -0.2) is 46.1 Å². The smallest absolute Gasteiger partial charge is 0.317 e. The topological polar surface area (TPSA) is 67.3 Å². The fraction of sp³-hybridized carbons (Fsp3) is 0.706. The van der Waals surface area contributed by atoms with Gasteiger partial charge in [-0.05, 0) is 45.6 Å². The summed E-state index contributed by atoms with van der Waals surface area (Å²) in [5.41, 5.74) is 1.80. The molecule has 23 heavy (non-hydrogen) atoms. The van der Waals surface area contributed by atoms with Gasteiger partial charge in [0.05, 0.1) is 6.54 Å². The van der Waals surface area contributed by atoms with Crippen molar-refractivity contribution in [2.45, 2.75) is 64.5 Å². The molecule has 1 N–H and O–H groups in total. The molecule has 1 saturated heterocycles. The summed E-state index contributed by atoms with van der Waals surface area (Å²) in [5.74, 6) is 0. The Morgan fingerprint density at radius 2 is 1.87 bits per heavy atom. The molecule has 2 amide bonds. The molecule has 1 aliphatic carbocycles. The maximum Gasteiger partial charge on any atom is 0.317 e. The lowest BCUT2D eigenvalue weighted by Gasteiger charge is -2.33. The van der Waals surface area contributed by atoms with Gasteiger partial charge < -0.3 is 15.0 Å². The number of hydrogen-bond donors (Lipinski definition) is 1. The van der Waals surface area contributed by atoms with Crippen LogP contribution in [0, 0.1) is 13.8 Å². The summed E-state index contributed by atoms with van der Waals surface area (Å²) in [6.45, 7) is 5.27. The van der Waals surface area contributed by atoms with Gasteiger partial charge >= 0.3 is 12.0 Å². The number of urea groups is 1. The van der Waals surface area contributed by atoms with Crippen molar-refractivity contribution >= 4 is 6.03 Å². The Bertz CT molecular complexity index is 537. The number of aromatic nitrogens is 2. The van der Waals surface area contributed by atoms with Gasteiger partial charge in [-0.15, -0.1) is 0 Å². The molecule has 6 nitrogen and oxygen atoms in total. The number of rotatable bonds is 3. The first-order chi connectivity index (χ1) is 11.1. The second kappa shape index (κ2) is 7.15. The Labute approximate surface area is 137 Å². The highest BCUT2D eigenvalue weighted by Crippen LogP contribution is 2.20. The molecular weight excluding hydrogens is 292 g/mol. The normalized spacial score (nSPS) is 22.2.